The number of thioether (sulfide) groups is 1. The number of nitrogens with one attached hydrogen (secondary N) is 1. The molecule has 0 saturated carbocycles. The SMILES string of the molecule is CCOC(=O)c1c(NC(=O)CSc2nnc(-c3ccc(Cl)cc3)o2)sc2c1CCCC2. The number of amides is 1. The molecule has 0 unspecified atom stereocenters. The summed E-state index contributed by atoms with van der Waals surface area (Å²) in [6, 6.07) is 7.05. The van der Waals surface area contributed by atoms with Crippen molar-refractivity contribution in [2.75, 3.05) is 17.7 Å². The Labute approximate surface area is 192 Å². The third-order valence-corrected chi connectivity index (χ3v) is 7.01. The van der Waals surface area contributed by atoms with Gasteiger partial charge >= 0.3 is 5.97 Å². The molecule has 2 aromatic heterocycles. The molecule has 1 aliphatic carbocycles. The molecule has 1 N–H and O–H groups in total. The van der Waals surface area contributed by atoms with Gasteiger partial charge in [-0.1, -0.05) is 23.4 Å². The van der Waals surface area contributed by atoms with Gasteiger partial charge in [0.25, 0.3) is 5.22 Å². The van der Waals surface area contributed by atoms with Gasteiger partial charge in [0, 0.05) is 15.5 Å². The molecule has 1 aromatic carbocycles. The molecule has 162 valence electrons. The van der Waals surface area contributed by atoms with E-state index in [2.05, 4.69) is 15.5 Å². The maximum Gasteiger partial charge on any atom is 0.341 e. The molecule has 3 aromatic rings. The molecule has 0 aliphatic heterocycles. The lowest BCUT2D eigenvalue weighted by Crippen LogP contribution is -2.17. The van der Waals surface area contributed by atoms with E-state index in [0.29, 0.717) is 28.1 Å². The molecular formula is C21H20ClN3O4S2. The standard InChI is InChI=1S/C21H20ClN3O4S2/c1-2-28-20(27)17-14-5-3-4-6-15(14)31-19(17)23-16(26)11-30-21-25-24-18(29-21)12-7-9-13(22)10-8-12/h7-10H,2-6,11H2,1H3,(H,23,26). The van der Waals surface area contributed by atoms with Crippen LogP contribution < -0.4 is 5.32 Å². The Balaban J connectivity index is 1.42. The van der Waals surface area contributed by atoms with Crippen LogP contribution in [0.3, 0.4) is 0 Å². The smallest absolute Gasteiger partial charge is 0.341 e. The number of rotatable bonds is 7. The van der Waals surface area contributed by atoms with Crippen LogP contribution in [0.25, 0.3) is 11.5 Å². The fraction of sp³-hybridized carbons (Fsp3) is 0.333. The summed E-state index contributed by atoms with van der Waals surface area (Å²) in [4.78, 5) is 26.2. The van der Waals surface area contributed by atoms with Gasteiger partial charge in [0.15, 0.2) is 0 Å². The first-order chi connectivity index (χ1) is 15.0. The van der Waals surface area contributed by atoms with Crippen molar-refractivity contribution in [2.45, 2.75) is 37.8 Å². The normalized spacial score (nSPS) is 13.0. The van der Waals surface area contributed by atoms with Crippen molar-refractivity contribution >= 4 is 51.6 Å². The van der Waals surface area contributed by atoms with Gasteiger partial charge in [-0.05, 0) is 62.4 Å². The number of carbonyl (C=O) groups excluding carboxylic acids is 2. The number of carbonyl (C=O) groups is 2. The lowest BCUT2D eigenvalue weighted by molar-refractivity contribution is -0.113. The van der Waals surface area contributed by atoms with Crippen molar-refractivity contribution in [2.24, 2.45) is 0 Å². The predicted molar refractivity (Wildman–Crippen MR) is 121 cm³/mol. The lowest BCUT2D eigenvalue weighted by Gasteiger charge is -2.12. The Hall–Kier alpha value is -2.36. The second kappa shape index (κ2) is 9.84. The maximum absolute atomic E-state index is 12.6. The van der Waals surface area contributed by atoms with Crippen LogP contribution in [0.15, 0.2) is 33.9 Å². The van der Waals surface area contributed by atoms with E-state index >= 15 is 0 Å². The van der Waals surface area contributed by atoms with Gasteiger partial charge in [-0.25, -0.2) is 4.79 Å². The molecule has 0 spiro atoms. The van der Waals surface area contributed by atoms with E-state index in [1.807, 2.05) is 0 Å². The van der Waals surface area contributed by atoms with Crippen molar-refractivity contribution in [3.8, 4) is 11.5 Å². The number of hydrogen-bond donors (Lipinski definition) is 1. The highest BCUT2D eigenvalue weighted by Crippen LogP contribution is 2.38. The molecular weight excluding hydrogens is 458 g/mol. The van der Waals surface area contributed by atoms with Crippen LogP contribution in [0.5, 0.6) is 0 Å². The van der Waals surface area contributed by atoms with Gasteiger partial charge in [-0.3, -0.25) is 4.79 Å². The number of fused-ring (bicyclic) bond motifs is 1. The fourth-order valence-corrected chi connectivity index (χ4v) is 5.32. The number of thiophene rings is 1. The van der Waals surface area contributed by atoms with Gasteiger partial charge in [0.05, 0.1) is 17.9 Å². The van der Waals surface area contributed by atoms with Crippen LogP contribution in [0.4, 0.5) is 5.00 Å². The van der Waals surface area contributed by atoms with Crippen LogP contribution in [-0.2, 0) is 22.4 Å². The van der Waals surface area contributed by atoms with Gasteiger partial charge in [0.1, 0.15) is 5.00 Å². The molecule has 2 heterocycles. The molecule has 7 nitrogen and oxygen atoms in total. The summed E-state index contributed by atoms with van der Waals surface area (Å²) in [7, 11) is 0. The molecule has 31 heavy (non-hydrogen) atoms. The van der Waals surface area contributed by atoms with Crippen LogP contribution >= 0.6 is 34.7 Å². The minimum Gasteiger partial charge on any atom is -0.462 e. The Morgan fingerprint density at radius 3 is 2.77 bits per heavy atom. The summed E-state index contributed by atoms with van der Waals surface area (Å²) in [5.41, 5.74) is 2.27. The highest BCUT2D eigenvalue weighted by molar-refractivity contribution is 7.99. The zero-order valence-corrected chi connectivity index (χ0v) is 19.2. The van der Waals surface area contributed by atoms with Crippen LogP contribution in [0.1, 0.15) is 40.6 Å². The molecule has 0 radical (unpaired) electrons. The van der Waals surface area contributed by atoms with Crippen LogP contribution in [0, 0.1) is 0 Å². The average molecular weight is 478 g/mol. The number of aryl methyl sites for hydroxylation is 1. The first-order valence-corrected chi connectivity index (χ1v) is 12.1. The Morgan fingerprint density at radius 1 is 1.23 bits per heavy atom. The number of nitrogens with zero attached hydrogens (tertiary/aromatic N) is 2. The highest BCUT2D eigenvalue weighted by Gasteiger charge is 2.27. The third-order valence-electron chi connectivity index (χ3n) is 4.73. The van der Waals surface area contributed by atoms with Crippen molar-refractivity contribution in [3.05, 3.63) is 45.3 Å². The van der Waals surface area contributed by atoms with Crippen molar-refractivity contribution in [3.63, 3.8) is 0 Å². The van der Waals surface area contributed by atoms with E-state index in [0.717, 1.165) is 53.4 Å². The largest absolute Gasteiger partial charge is 0.462 e. The zero-order chi connectivity index (χ0) is 21.8. The Kier molecular flexibility index (Phi) is 6.94. The van der Waals surface area contributed by atoms with Crippen molar-refractivity contribution in [1.29, 1.82) is 0 Å². The average Bonchev–Trinajstić information content (AvgIpc) is 3.37. The molecule has 10 heteroatoms. The quantitative estimate of drug-likeness (QED) is 0.367. The summed E-state index contributed by atoms with van der Waals surface area (Å²) in [5.74, 6) is -0.197. The number of hydrogen-bond acceptors (Lipinski definition) is 8. The summed E-state index contributed by atoms with van der Waals surface area (Å²) in [6.07, 6.45) is 3.88. The summed E-state index contributed by atoms with van der Waals surface area (Å²) in [6.45, 7) is 2.06. The summed E-state index contributed by atoms with van der Waals surface area (Å²) >= 11 is 8.49. The van der Waals surface area contributed by atoms with Gasteiger partial charge < -0.3 is 14.5 Å². The van der Waals surface area contributed by atoms with Crippen LogP contribution in [0.2, 0.25) is 5.02 Å². The molecule has 0 atom stereocenters. The van der Waals surface area contributed by atoms with Gasteiger partial charge in [-0.2, -0.15) is 0 Å². The number of aromatic nitrogens is 2. The minimum atomic E-state index is -0.380. The second-order valence-corrected chi connectivity index (χ2v) is 9.32. The van der Waals surface area contributed by atoms with E-state index < -0.39 is 0 Å². The topological polar surface area (TPSA) is 94.3 Å². The van der Waals surface area contributed by atoms with Gasteiger partial charge in [-0.15, -0.1) is 21.5 Å². The monoisotopic (exact) mass is 477 g/mol. The van der Waals surface area contributed by atoms with E-state index in [9.17, 15) is 9.59 Å². The number of halogens is 1. The molecule has 1 amide bonds. The van der Waals surface area contributed by atoms with Crippen molar-refractivity contribution < 1.29 is 18.7 Å². The first kappa shape index (κ1) is 21.9. The Morgan fingerprint density at radius 2 is 2.00 bits per heavy atom. The summed E-state index contributed by atoms with van der Waals surface area (Å²) < 4.78 is 10.8. The Bertz CT molecular complexity index is 1090. The van der Waals surface area contributed by atoms with E-state index in [4.69, 9.17) is 20.8 Å². The van der Waals surface area contributed by atoms with E-state index in [-0.39, 0.29) is 22.9 Å². The lowest BCUT2D eigenvalue weighted by atomic mass is 9.95. The van der Waals surface area contributed by atoms with E-state index in [1.54, 1.807) is 31.2 Å². The number of ether oxygens (including phenoxy) is 1. The predicted octanol–water partition coefficient (Wildman–Crippen LogP) is 5.24. The summed E-state index contributed by atoms with van der Waals surface area (Å²) in [5, 5.41) is 12.3. The van der Waals surface area contributed by atoms with Gasteiger partial charge in [0.2, 0.25) is 11.8 Å². The highest BCUT2D eigenvalue weighted by atomic mass is 35.5. The molecule has 4 rings (SSSR count). The molecule has 0 saturated heterocycles. The second-order valence-electron chi connectivity index (χ2n) is 6.85. The number of esters is 1. The molecule has 0 fully saturated rings. The minimum absolute atomic E-state index is 0.0765. The third kappa shape index (κ3) is 5.11. The molecule has 0 bridgehead atoms. The fourth-order valence-electron chi connectivity index (χ4n) is 3.34. The van der Waals surface area contributed by atoms with Crippen LogP contribution in [-0.4, -0.2) is 34.4 Å². The molecule has 1 aliphatic rings. The van der Waals surface area contributed by atoms with E-state index in [1.165, 1.54) is 11.3 Å². The van der Waals surface area contributed by atoms with Crippen molar-refractivity contribution in [1.82, 2.24) is 10.2 Å². The zero-order valence-electron chi connectivity index (χ0n) is 16.8. The number of anilines is 1. The number of benzene rings is 1. The first-order valence-electron chi connectivity index (χ1n) is 9.89. The maximum atomic E-state index is 12.6.